The van der Waals surface area contributed by atoms with Crippen LogP contribution in [0.2, 0.25) is 0 Å². The molecule has 0 saturated heterocycles. The number of benzene rings is 9. The van der Waals surface area contributed by atoms with Gasteiger partial charge in [-0.05, 0) is 104 Å². The van der Waals surface area contributed by atoms with Crippen LogP contribution in [-0.2, 0) is 0 Å². The van der Waals surface area contributed by atoms with Crippen LogP contribution in [0.25, 0.3) is 76.9 Å². The highest BCUT2D eigenvalue weighted by Gasteiger charge is 2.18. The number of furan rings is 1. The van der Waals surface area contributed by atoms with E-state index >= 15 is 0 Å². The second-order valence-electron chi connectivity index (χ2n) is 13.4. The first-order valence-corrected chi connectivity index (χ1v) is 17.8. The fourth-order valence-electron chi connectivity index (χ4n) is 7.68. The maximum atomic E-state index is 6.56. The molecule has 0 saturated carbocycles. The van der Waals surface area contributed by atoms with Crippen molar-refractivity contribution in [2.24, 2.45) is 0 Å². The molecule has 52 heavy (non-hydrogen) atoms. The van der Waals surface area contributed by atoms with Crippen molar-refractivity contribution in [3.63, 3.8) is 0 Å². The van der Waals surface area contributed by atoms with E-state index in [1.165, 1.54) is 38.4 Å². The number of rotatable bonds is 6. The average Bonchev–Trinajstić information content (AvgIpc) is 3.61. The molecule has 1 heterocycles. The van der Waals surface area contributed by atoms with E-state index in [2.05, 4.69) is 205 Å². The lowest BCUT2D eigenvalue weighted by molar-refractivity contribution is 0.673. The summed E-state index contributed by atoms with van der Waals surface area (Å²) in [6, 6.07) is 71.7. The molecule has 0 aliphatic rings. The predicted molar refractivity (Wildman–Crippen MR) is 220 cm³/mol. The second-order valence-corrected chi connectivity index (χ2v) is 13.4. The molecule has 0 fully saturated rings. The molecule has 0 N–H and O–H groups in total. The van der Waals surface area contributed by atoms with Crippen LogP contribution < -0.4 is 4.90 Å². The van der Waals surface area contributed by atoms with E-state index in [4.69, 9.17) is 4.42 Å². The number of anilines is 3. The van der Waals surface area contributed by atoms with Crippen molar-refractivity contribution in [1.82, 2.24) is 0 Å². The van der Waals surface area contributed by atoms with Crippen LogP contribution in [0.4, 0.5) is 17.1 Å². The molecule has 0 spiro atoms. The van der Waals surface area contributed by atoms with E-state index in [1.807, 2.05) is 0 Å². The minimum absolute atomic E-state index is 0.894. The van der Waals surface area contributed by atoms with Crippen molar-refractivity contribution >= 4 is 60.5 Å². The first kappa shape index (κ1) is 30.0. The van der Waals surface area contributed by atoms with Gasteiger partial charge in [-0.3, -0.25) is 0 Å². The highest BCUT2D eigenvalue weighted by Crippen LogP contribution is 2.43. The van der Waals surface area contributed by atoms with Crippen molar-refractivity contribution < 1.29 is 4.42 Å². The van der Waals surface area contributed by atoms with Gasteiger partial charge in [0.25, 0.3) is 0 Å². The van der Waals surface area contributed by atoms with Gasteiger partial charge in [0.05, 0.1) is 0 Å². The minimum Gasteiger partial charge on any atom is -0.455 e. The van der Waals surface area contributed by atoms with Crippen molar-refractivity contribution in [2.45, 2.75) is 0 Å². The number of nitrogens with zero attached hydrogens (tertiary/aromatic N) is 1. The zero-order chi connectivity index (χ0) is 34.4. The fourth-order valence-corrected chi connectivity index (χ4v) is 7.68. The third-order valence-corrected chi connectivity index (χ3v) is 10.2. The number of hydrogen-bond donors (Lipinski definition) is 0. The Morgan fingerprint density at radius 3 is 1.75 bits per heavy atom. The second kappa shape index (κ2) is 12.5. The van der Waals surface area contributed by atoms with Crippen molar-refractivity contribution in [1.29, 1.82) is 0 Å². The van der Waals surface area contributed by atoms with Gasteiger partial charge in [-0.15, -0.1) is 0 Å². The van der Waals surface area contributed by atoms with Gasteiger partial charge < -0.3 is 9.32 Å². The Balaban J connectivity index is 1.13. The zero-order valence-corrected chi connectivity index (χ0v) is 28.4. The van der Waals surface area contributed by atoms with E-state index in [0.29, 0.717) is 0 Å². The lowest BCUT2D eigenvalue weighted by Gasteiger charge is -2.27. The van der Waals surface area contributed by atoms with Crippen molar-refractivity contribution in [3.8, 4) is 33.4 Å². The summed E-state index contributed by atoms with van der Waals surface area (Å²) in [6.45, 7) is 0. The van der Waals surface area contributed by atoms with Gasteiger partial charge in [-0.1, -0.05) is 146 Å². The number of fused-ring (bicyclic) bond motifs is 6. The molecule has 0 aliphatic heterocycles. The molecule has 10 rings (SSSR count). The van der Waals surface area contributed by atoms with Gasteiger partial charge in [-0.2, -0.15) is 0 Å². The SMILES string of the molecule is c1ccc(-c2ccc(N(c3cccc(-c4ccc5ccccc5c4)c3)c3cccc(-c4cccc5oc6c7ccccc7ccc6c45)c3)cc2)cc1. The summed E-state index contributed by atoms with van der Waals surface area (Å²) < 4.78 is 6.56. The topological polar surface area (TPSA) is 16.4 Å². The highest BCUT2D eigenvalue weighted by atomic mass is 16.3. The molecule has 0 radical (unpaired) electrons. The van der Waals surface area contributed by atoms with E-state index in [1.54, 1.807) is 0 Å². The molecular formula is C50H33NO. The van der Waals surface area contributed by atoms with Gasteiger partial charge in [-0.25, -0.2) is 0 Å². The van der Waals surface area contributed by atoms with Gasteiger partial charge in [0, 0.05) is 33.2 Å². The molecule has 244 valence electrons. The first-order chi connectivity index (χ1) is 25.8. The molecule has 9 aromatic carbocycles. The fraction of sp³-hybridized carbons (Fsp3) is 0. The van der Waals surface area contributed by atoms with Gasteiger partial charge in [0.15, 0.2) is 0 Å². The zero-order valence-electron chi connectivity index (χ0n) is 28.4. The molecule has 2 heteroatoms. The molecule has 0 atom stereocenters. The molecule has 0 amide bonds. The van der Waals surface area contributed by atoms with Crippen LogP contribution in [0.3, 0.4) is 0 Å². The Morgan fingerprint density at radius 1 is 0.327 bits per heavy atom. The predicted octanol–water partition coefficient (Wildman–Crippen LogP) is 14.4. The van der Waals surface area contributed by atoms with E-state index < -0.39 is 0 Å². The minimum atomic E-state index is 0.894. The Morgan fingerprint density at radius 2 is 0.923 bits per heavy atom. The van der Waals surface area contributed by atoms with E-state index in [9.17, 15) is 0 Å². The van der Waals surface area contributed by atoms with Gasteiger partial charge >= 0.3 is 0 Å². The van der Waals surface area contributed by atoms with E-state index in [-0.39, 0.29) is 0 Å². The highest BCUT2D eigenvalue weighted by molar-refractivity contribution is 6.19. The summed E-state index contributed by atoms with van der Waals surface area (Å²) >= 11 is 0. The van der Waals surface area contributed by atoms with E-state index in [0.717, 1.165) is 55.5 Å². The number of hydrogen-bond acceptors (Lipinski definition) is 2. The normalized spacial score (nSPS) is 11.5. The standard InChI is InChI=1S/C50H33NO/c1-2-11-34(12-3-1)36-25-28-42(29-26-36)51(43-18-8-16-39(32-43)40-24-23-35-13-4-5-15-38(35)31-40)44-19-9-17-41(33-44)45-21-10-22-48-49(45)47-30-27-37-14-6-7-20-46(37)50(47)52-48/h1-33H. The van der Waals surface area contributed by atoms with Crippen LogP contribution in [0, 0.1) is 0 Å². The summed E-state index contributed by atoms with van der Waals surface area (Å²) in [4.78, 5) is 2.37. The molecular weight excluding hydrogens is 631 g/mol. The van der Waals surface area contributed by atoms with Crippen molar-refractivity contribution in [2.75, 3.05) is 4.90 Å². The smallest absolute Gasteiger partial charge is 0.143 e. The quantitative estimate of drug-likeness (QED) is 0.176. The van der Waals surface area contributed by atoms with Crippen LogP contribution in [-0.4, -0.2) is 0 Å². The first-order valence-electron chi connectivity index (χ1n) is 17.8. The van der Waals surface area contributed by atoms with Crippen LogP contribution in [0.1, 0.15) is 0 Å². The largest absolute Gasteiger partial charge is 0.455 e. The lowest BCUT2D eigenvalue weighted by Crippen LogP contribution is -2.10. The molecule has 0 aliphatic carbocycles. The Labute approximate surface area is 302 Å². The lowest BCUT2D eigenvalue weighted by atomic mass is 9.97. The maximum absolute atomic E-state index is 6.56. The molecule has 0 unspecified atom stereocenters. The maximum Gasteiger partial charge on any atom is 0.143 e. The Hall–Kier alpha value is -6.90. The average molecular weight is 664 g/mol. The van der Waals surface area contributed by atoms with Crippen molar-refractivity contribution in [3.05, 3.63) is 200 Å². The molecule has 2 nitrogen and oxygen atoms in total. The monoisotopic (exact) mass is 663 g/mol. The van der Waals surface area contributed by atoms with Gasteiger partial charge in [0.1, 0.15) is 11.2 Å². The van der Waals surface area contributed by atoms with Crippen LogP contribution >= 0.6 is 0 Å². The summed E-state index contributed by atoms with van der Waals surface area (Å²) in [5.41, 5.74) is 12.1. The van der Waals surface area contributed by atoms with Crippen LogP contribution in [0.5, 0.6) is 0 Å². The third kappa shape index (κ3) is 5.21. The summed E-state index contributed by atoms with van der Waals surface area (Å²) in [5.74, 6) is 0. The van der Waals surface area contributed by atoms with Crippen LogP contribution in [0.15, 0.2) is 205 Å². The Kier molecular flexibility index (Phi) is 7.18. The summed E-state index contributed by atoms with van der Waals surface area (Å²) in [7, 11) is 0. The molecule has 0 bridgehead atoms. The molecule has 10 aromatic rings. The molecule has 1 aromatic heterocycles. The Bertz CT molecular complexity index is 2900. The summed E-state index contributed by atoms with van der Waals surface area (Å²) in [6.07, 6.45) is 0. The third-order valence-electron chi connectivity index (χ3n) is 10.2. The summed E-state index contributed by atoms with van der Waals surface area (Å²) in [5, 5.41) is 7.06. The van der Waals surface area contributed by atoms with Gasteiger partial charge in [0.2, 0.25) is 0 Å².